The summed E-state index contributed by atoms with van der Waals surface area (Å²) in [5.41, 5.74) is -0.514. The van der Waals surface area contributed by atoms with Gasteiger partial charge < -0.3 is 19.9 Å². The number of hydrogen-bond acceptors (Lipinski definition) is 4. The predicted octanol–water partition coefficient (Wildman–Crippen LogP) is 0.661. The summed E-state index contributed by atoms with van der Waals surface area (Å²) in [6.07, 6.45) is -0.528. The van der Waals surface area contributed by atoms with Crippen molar-refractivity contribution >= 4 is 6.09 Å². The highest BCUT2D eigenvalue weighted by Gasteiger charge is 2.27. The van der Waals surface area contributed by atoms with E-state index in [1.54, 1.807) is 20.8 Å². The monoisotopic (exact) mass is 217 g/mol. The molecule has 1 aliphatic rings. The lowest BCUT2D eigenvalue weighted by molar-refractivity contribution is -0.0308. The maximum atomic E-state index is 11.4. The molecule has 0 saturated carbocycles. The van der Waals surface area contributed by atoms with Gasteiger partial charge in [-0.15, -0.1) is 0 Å². The standard InChI is InChI=1S/C10H19NO4/c1-10(2,3)15-9(13)11-7-4-5-14-6-8(7)12/h7-8,12H,4-6H2,1-3H3,(H,11,13)/t7-,8?/m1/s1. The summed E-state index contributed by atoms with van der Waals surface area (Å²) >= 11 is 0. The lowest BCUT2D eigenvalue weighted by Crippen LogP contribution is -2.49. The van der Waals surface area contributed by atoms with Crippen LogP contribution in [0.5, 0.6) is 0 Å². The first kappa shape index (κ1) is 12.3. The zero-order chi connectivity index (χ0) is 11.5. The summed E-state index contributed by atoms with van der Waals surface area (Å²) in [6.45, 7) is 6.21. The normalized spacial score (nSPS) is 27.2. The quantitative estimate of drug-likeness (QED) is 0.677. The summed E-state index contributed by atoms with van der Waals surface area (Å²) in [5.74, 6) is 0. The minimum atomic E-state index is -0.647. The average Bonchev–Trinajstić information content (AvgIpc) is 2.05. The Hall–Kier alpha value is -0.810. The fraction of sp³-hybridized carbons (Fsp3) is 0.900. The summed E-state index contributed by atoms with van der Waals surface area (Å²) in [4.78, 5) is 11.4. The zero-order valence-electron chi connectivity index (χ0n) is 9.45. The van der Waals surface area contributed by atoms with Crippen molar-refractivity contribution in [3.05, 3.63) is 0 Å². The van der Waals surface area contributed by atoms with Crippen LogP contribution in [0, 0.1) is 0 Å². The summed E-state index contributed by atoms with van der Waals surface area (Å²) in [7, 11) is 0. The molecule has 0 aromatic heterocycles. The molecule has 0 aromatic rings. The van der Waals surface area contributed by atoms with Crippen LogP contribution in [0.25, 0.3) is 0 Å². The first-order valence-electron chi connectivity index (χ1n) is 5.14. The Balaban J connectivity index is 2.36. The van der Waals surface area contributed by atoms with E-state index in [9.17, 15) is 9.90 Å². The van der Waals surface area contributed by atoms with Crippen molar-refractivity contribution in [3.63, 3.8) is 0 Å². The maximum Gasteiger partial charge on any atom is 0.407 e. The van der Waals surface area contributed by atoms with E-state index in [4.69, 9.17) is 9.47 Å². The van der Waals surface area contributed by atoms with Crippen LogP contribution in [0.4, 0.5) is 4.79 Å². The number of carbonyl (C=O) groups excluding carboxylic acids is 1. The van der Waals surface area contributed by atoms with Gasteiger partial charge in [0.25, 0.3) is 0 Å². The highest BCUT2D eigenvalue weighted by atomic mass is 16.6. The van der Waals surface area contributed by atoms with E-state index in [-0.39, 0.29) is 12.6 Å². The Kier molecular flexibility index (Phi) is 3.93. The van der Waals surface area contributed by atoms with Crippen molar-refractivity contribution in [1.29, 1.82) is 0 Å². The lowest BCUT2D eigenvalue weighted by atomic mass is 10.1. The van der Waals surface area contributed by atoms with Crippen LogP contribution in [0.15, 0.2) is 0 Å². The number of alkyl carbamates (subject to hydrolysis) is 1. The summed E-state index contributed by atoms with van der Waals surface area (Å²) in [5, 5.41) is 12.2. The first-order chi connectivity index (χ1) is 6.88. The van der Waals surface area contributed by atoms with Gasteiger partial charge in [-0.2, -0.15) is 0 Å². The van der Waals surface area contributed by atoms with Gasteiger partial charge in [0.2, 0.25) is 0 Å². The summed E-state index contributed by atoms with van der Waals surface area (Å²) in [6, 6.07) is -0.270. The third-order valence-corrected chi connectivity index (χ3v) is 2.03. The number of carbonyl (C=O) groups is 1. The molecular formula is C10H19NO4. The molecule has 0 radical (unpaired) electrons. The molecule has 1 heterocycles. The van der Waals surface area contributed by atoms with Gasteiger partial charge in [0, 0.05) is 6.61 Å². The fourth-order valence-electron chi connectivity index (χ4n) is 1.35. The van der Waals surface area contributed by atoms with Gasteiger partial charge in [-0.05, 0) is 27.2 Å². The van der Waals surface area contributed by atoms with E-state index in [1.165, 1.54) is 0 Å². The molecule has 1 rings (SSSR count). The smallest absolute Gasteiger partial charge is 0.407 e. The van der Waals surface area contributed by atoms with Gasteiger partial charge in [0.1, 0.15) is 5.60 Å². The Bertz CT molecular complexity index is 224. The molecule has 88 valence electrons. The molecule has 0 aromatic carbocycles. The van der Waals surface area contributed by atoms with Gasteiger partial charge in [0.05, 0.1) is 18.8 Å². The average molecular weight is 217 g/mol. The molecule has 5 heteroatoms. The first-order valence-corrected chi connectivity index (χ1v) is 5.14. The second kappa shape index (κ2) is 4.81. The molecule has 0 aliphatic carbocycles. The molecule has 2 atom stereocenters. The number of aliphatic hydroxyl groups is 1. The molecule has 2 N–H and O–H groups in total. The number of amides is 1. The SMILES string of the molecule is CC(C)(C)OC(=O)N[C@@H]1CCOCC1O. The Morgan fingerprint density at radius 3 is 2.73 bits per heavy atom. The Labute approximate surface area is 89.8 Å². The molecule has 0 spiro atoms. The number of ether oxygens (including phenoxy) is 2. The zero-order valence-corrected chi connectivity index (χ0v) is 9.45. The van der Waals surface area contributed by atoms with Crippen LogP contribution in [0.2, 0.25) is 0 Å². The Morgan fingerprint density at radius 2 is 2.20 bits per heavy atom. The number of hydrogen-bond donors (Lipinski definition) is 2. The van der Waals surface area contributed by atoms with Crippen LogP contribution < -0.4 is 5.32 Å². The second-order valence-corrected chi connectivity index (χ2v) is 4.68. The predicted molar refractivity (Wildman–Crippen MR) is 54.6 cm³/mol. The topological polar surface area (TPSA) is 67.8 Å². The number of nitrogens with one attached hydrogen (secondary N) is 1. The summed E-state index contributed by atoms with van der Waals surface area (Å²) < 4.78 is 10.1. The van der Waals surface area contributed by atoms with Gasteiger partial charge in [-0.3, -0.25) is 0 Å². The van der Waals surface area contributed by atoms with E-state index in [0.29, 0.717) is 13.0 Å². The molecule has 0 bridgehead atoms. The van der Waals surface area contributed by atoms with Gasteiger partial charge in [-0.1, -0.05) is 0 Å². The molecule has 1 saturated heterocycles. The van der Waals surface area contributed by atoms with Gasteiger partial charge in [-0.25, -0.2) is 4.79 Å². The Morgan fingerprint density at radius 1 is 1.53 bits per heavy atom. The van der Waals surface area contributed by atoms with Crippen LogP contribution >= 0.6 is 0 Å². The van der Waals surface area contributed by atoms with Crippen molar-refractivity contribution < 1.29 is 19.4 Å². The van der Waals surface area contributed by atoms with Crippen molar-refractivity contribution in [3.8, 4) is 0 Å². The molecule has 5 nitrogen and oxygen atoms in total. The van der Waals surface area contributed by atoms with Gasteiger partial charge in [0.15, 0.2) is 0 Å². The highest BCUT2D eigenvalue weighted by molar-refractivity contribution is 5.68. The third-order valence-electron chi connectivity index (χ3n) is 2.03. The van der Waals surface area contributed by atoms with Crippen molar-refractivity contribution in [2.24, 2.45) is 0 Å². The number of rotatable bonds is 1. The minimum absolute atomic E-state index is 0.264. The van der Waals surface area contributed by atoms with E-state index in [1.807, 2.05) is 0 Å². The van der Waals surface area contributed by atoms with E-state index in [0.717, 1.165) is 0 Å². The van der Waals surface area contributed by atoms with Crippen molar-refractivity contribution in [1.82, 2.24) is 5.32 Å². The van der Waals surface area contributed by atoms with Crippen LogP contribution in [0.3, 0.4) is 0 Å². The maximum absolute atomic E-state index is 11.4. The lowest BCUT2D eigenvalue weighted by Gasteiger charge is -2.29. The van der Waals surface area contributed by atoms with Crippen molar-refractivity contribution in [2.75, 3.05) is 13.2 Å². The molecular weight excluding hydrogens is 198 g/mol. The highest BCUT2D eigenvalue weighted by Crippen LogP contribution is 2.10. The minimum Gasteiger partial charge on any atom is -0.444 e. The molecule has 1 fully saturated rings. The largest absolute Gasteiger partial charge is 0.444 e. The molecule has 1 aliphatic heterocycles. The van der Waals surface area contributed by atoms with Crippen LogP contribution in [-0.4, -0.2) is 42.2 Å². The number of aliphatic hydroxyl groups excluding tert-OH is 1. The van der Waals surface area contributed by atoms with Crippen LogP contribution in [0.1, 0.15) is 27.2 Å². The fourth-order valence-corrected chi connectivity index (χ4v) is 1.35. The van der Waals surface area contributed by atoms with Gasteiger partial charge >= 0.3 is 6.09 Å². The molecule has 1 unspecified atom stereocenters. The van der Waals surface area contributed by atoms with E-state index >= 15 is 0 Å². The van der Waals surface area contributed by atoms with E-state index < -0.39 is 17.8 Å². The van der Waals surface area contributed by atoms with Crippen LogP contribution in [-0.2, 0) is 9.47 Å². The molecule has 15 heavy (non-hydrogen) atoms. The second-order valence-electron chi connectivity index (χ2n) is 4.68. The third kappa shape index (κ3) is 4.48. The van der Waals surface area contributed by atoms with Crippen molar-refractivity contribution in [2.45, 2.75) is 44.9 Å². The molecule has 1 amide bonds. The van der Waals surface area contributed by atoms with E-state index in [2.05, 4.69) is 5.32 Å².